The molecule has 5 heterocycles. The number of nitrogens with zero attached hydrogens (tertiary/aromatic N) is 7. The van der Waals surface area contributed by atoms with Gasteiger partial charge in [-0.25, -0.2) is 14.5 Å². The first-order chi connectivity index (χ1) is 16.2. The van der Waals surface area contributed by atoms with Crippen molar-refractivity contribution < 1.29 is 0 Å². The van der Waals surface area contributed by atoms with Crippen LogP contribution in [0, 0.1) is 11.3 Å². The van der Waals surface area contributed by atoms with Gasteiger partial charge in [0.15, 0.2) is 5.82 Å². The average molecular weight is 469 g/mol. The fraction of sp³-hybridized carbons (Fsp3) is 0.125. The molecule has 0 radical (unpaired) electrons. The fourth-order valence-corrected chi connectivity index (χ4v) is 4.48. The van der Waals surface area contributed by atoms with Crippen molar-refractivity contribution in [2.24, 2.45) is 0 Å². The first-order valence-corrected chi connectivity index (χ1v) is 10.5. The second kappa shape index (κ2) is 8.20. The van der Waals surface area contributed by atoms with Gasteiger partial charge in [-0.15, -0.1) is 0 Å². The highest BCUT2D eigenvalue weighted by atomic mass is 32.1. The smallest absolute Gasteiger partial charge is 0.283 e. The lowest BCUT2D eigenvalue weighted by Gasteiger charge is -2.42. The Morgan fingerprint density at radius 3 is 2.74 bits per heavy atom. The number of nitriles is 1. The van der Waals surface area contributed by atoms with Crippen LogP contribution in [0.4, 0.5) is 5.82 Å². The molecule has 1 aliphatic rings. The highest BCUT2D eigenvalue weighted by Crippen LogP contribution is 2.39. The number of nitrogens with one attached hydrogen (secondary N) is 1. The summed E-state index contributed by atoms with van der Waals surface area (Å²) in [6, 6.07) is 13.3. The zero-order valence-corrected chi connectivity index (χ0v) is 19.0. The number of hydrogen-bond acceptors (Lipinski definition) is 6. The van der Waals surface area contributed by atoms with Gasteiger partial charge in [-0.05, 0) is 24.6 Å². The Kier molecular flexibility index (Phi) is 5.18. The van der Waals surface area contributed by atoms with Crippen LogP contribution in [0.25, 0.3) is 28.3 Å². The number of H-pyrrole nitrogens is 1. The highest BCUT2D eigenvalue weighted by Gasteiger charge is 2.37. The summed E-state index contributed by atoms with van der Waals surface area (Å²) in [7, 11) is 0. The molecular formula is C24H20N8OS. The van der Waals surface area contributed by atoms with E-state index >= 15 is 0 Å². The Labute approximate surface area is 201 Å². The molecule has 1 fully saturated rings. The normalized spacial score (nSPS) is 15.0. The summed E-state index contributed by atoms with van der Waals surface area (Å²) in [5.74, 6) is 1.26. The SMILES string of the molecule is C=Cc1ccn2nc([C@@H]3CCN3c3ncnc4[nH]cc(C#N)c34)n(-c3ccccc3)c(=O)c12.S. The number of aromatic nitrogens is 6. The van der Waals surface area contributed by atoms with Gasteiger partial charge >= 0.3 is 0 Å². The summed E-state index contributed by atoms with van der Waals surface area (Å²) in [6.07, 6.45) is 7.35. The molecule has 1 aromatic carbocycles. The molecule has 9 nitrogen and oxygen atoms in total. The summed E-state index contributed by atoms with van der Waals surface area (Å²) >= 11 is 0. The van der Waals surface area contributed by atoms with Crippen LogP contribution in [0.1, 0.15) is 29.4 Å². The van der Waals surface area contributed by atoms with Gasteiger partial charge in [-0.1, -0.05) is 30.9 Å². The number of para-hydroxylation sites is 1. The van der Waals surface area contributed by atoms with Crippen molar-refractivity contribution in [2.75, 3.05) is 11.4 Å². The van der Waals surface area contributed by atoms with Crippen molar-refractivity contribution in [3.8, 4) is 11.8 Å². The van der Waals surface area contributed by atoms with Gasteiger partial charge in [0.05, 0.1) is 22.7 Å². The predicted molar refractivity (Wildman–Crippen MR) is 135 cm³/mol. The van der Waals surface area contributed by atoms with Gasteiger partial charge < -0.3 is 9.88 Å². The number of hydrogen-bond donors (Lipinski definition) is 1. The average Bonchev–Trinajstić information content (AvgIpc) is 3.43. The van der Waals surface area contributed by atoms with Gasteiger partial charge in [0.25, 0.3) is 5.56 Å². The molecule has 1 atom stereocenters. The third-order valence-corrected chi connectivity index (χ3v) is 6.14. The third-order valence-electron chi connectivity index (χ3n) is 6.14. The van der Waals surface area contributed by atoms with Gasteiger partial charge in [0.2, 0.25) is 0 Å². The molecule has 0 spiro atoms. The van der Waals surface area contributed by atoms with Crippen molar-refractivity contribution in [1.29, 1.82) is 5.26 Å². The molecule has 0 amide bonds. The van der Waals surface area contributed by atoms with Crippen molar-refractivity contribution in [1.82, 2.24) is 29.1 Å². The van der Waals surface area contributed by atoms with E-state index in [1.165, 1.54) is 6.33 Å². The molecule has 0 unspecified atom stereocenters. The molecule has 1 aliphatic heterocycles. The van der Waals surface area contributed by atoms with Crippen molar-refractivity contribution in [3.05, 3.63) is 89.0 Å². The first-order valence-electron chi connectivity index (χ1n) is 10.5. The van der Waals surface area contributed by atoms with E-state index in [9.17, 15) is 10.1 Å². The number of aromatic amines is 1. The second-order valence-electron chi connectivity index (χ2n) is 7.84. The van der Waals surface area contributed by atoms with Crippen LogP contribution in [0.5, 0.6) is 0 Å². The molecule has 0 saturated carbocycles. The van der Waals surface area contributed by atoms with Crippen LogP contribution >= 0.6 is 13.5 Å². The van der Waals surface area contributed by atoms with E-state index < -0.39 is 0 Å². The number of anilines is 1. The number of benzene rings is 1. The van der Waals surface area contributed by atoms with E-state index in [-0.39, 0.29) is 25.1 Å². The first kappa shape index (κ1) is 21.5. The maximum Gasteiger partial charge on any atom is 0.283 e. The summed E-state index contributed by atoms with van der Waals surface area (Å²) in [5.41, 5.74) is 2.87. The molecule has 0 aliphatic carbocycles. The monoisotopic (exact) mass is 468 g/mol. The fourth-order valence-electron chi connectivity index (χ4n) is 4.48. The maximum absolute atomic E-state index is 13.7. The summed E-state index contributed by atoms with van der Waals surface area (Å²) < 4.78 is 3.29. The van der Waals surface area contributed by atoms with E-state index in [2.05, 4.69) is 32.5 Å². The molecule has 0 bridgehead atoms. The van der Waals surface area contributed by atoms with Crippen LogP contribution in [-0.4, -0.2) is 35.7 Å². The van der Waals surface area contributed by atoms with Crippen molar-refractivity contribution in [3.63, 3.8) is 0 Å². The van der Waals surface area contributed by atoms with E-state index in [4.69, 9.17) is 5.10 Å². The second-order valence-corrected chi connectivity index (χ2v) is 7.84. The molecule has 1 N–H and O–H groups in total. The Morgan fingerprint density at radius 1 is 1.21 bits per heavy atom. The molecule has 4 aromatic heterocycles. The highest BCUT2D eigenvalue weighted by molar-refractivity contribution is 7.59. The molecule has 5 aromatic rings. The van der Waals surface area contributed by atoms with Crippen LogP contribution in [0.2, 0.25) is 0 Å². The standard InChI is InChI=1S/C24H18N8O.H2S/c1-2-15-8-11-31-20(15)24(33)32(17-6-4-3-5-7-17)22(29-31)18-9-10-30(18)23-19-16(12-25)13-26-21(19)27-14-28-23;/h2-8,11,13-14,18H,1,9-10H2,(H,26,27,28);1H2/t18-;/m0./s1. The van der Waals surface area contributed by atoms with Crippen LogP contribution in [0.3, 0.4) is 0 Å². The van der Waals surface area contributed by atoms with E-state index in [0.29, 0.717) is 33.8 Å². The zero-order chi connectivity index (χ0) is 22.5. The Bertz CT molecular complexity index is 1640. The van der Waals surface area contributed by atoms with E-state index in [0.717, 1.165) is 24.2 Å². The number of rotatable bonds is 4. The zero-order valence-electron chi connectivity index (χ0n) is 18.0. The molecule has 6 rings (SSSR count). The van der Waals surface area contributed by atoms with Crippen LogP contribution in [0.15, 0.2) is 66.5 Å². The summed E-state index contributed by atoms with van der Waals surface area (Å²) in [6.45, 7) is 4.55. The largest absolute Gasteiger partial charge is 0.345 e. The topological polar surface area (TPSA) is 108 Å². The Hall–Kier alpha value is -4.36. The van der Waals surface area contributed by atoms with Gasteiger partial charge in [0, 0.05) is 24.5 Å². The maximum atomic E-state index is 13.7. The van der Waals surface area contributed by atoms with E-state index in [1.807, 2.05) is 36.4 Å². The van der Waals surface area contributed by atoms with Crippen molar-refractivity contribution in [2.45, 2.75) is 12.5 Å². The predicted octanol–water partition coefficient (Wildman–Crippen LogP) is 3.34. The Morgan fingerprint density at radius 2 is 2.03 bits per heavy atom. The lowest BCUT2D eigenvalue weighted by atomic mass is 10.0. The molecular weight excluding hydrogens is 448 g/mol. The lowest BCUT2D eigenvalue weighted by Crippen LogP contribution is -2.45. The van der Waals surface area contributed by atoms with Crippen LogP contribution < -0.4 is 10.5 Å². The minimum absolute atomic E-state index is 0. The number of fused-ring (bicyclic) bond motifs is 2. The van der Waals surface area contributed by atoms with E-state index in [1.54, 1.807) is 27.6 Å². The van der Waals surface area contributed by atoms with Gasteiger partial charge in [-0.2, -0.15) is 23.9 Å². The van der Waals surface area contributed by atoms with Crippen LogP contribution in [-0.2, 0) is 0 Å². The minimum atomic E-state index is -0.198. The molecule has 34 heavy (non-hydrogen) atoms. The molecule has 168 valence electrons. The Balaban J connectivity index is 0.00000241. The van der Waals surface area contributed by atoms with Gasteiger partial charge in [0.1, 0.15) is 29.4 Å². The van der Waals surface area contributed by atoms with Gasteiger partial charge in [-0.3, -0.25) is 9.36 Å². The summed E-state index contributed by atoms with van der Waals surface area (Å²) in [5, 5.41) is 15.1. The lowest BCUT2D eigenvalue weighted by molar-refractivity contribution is 0.424. The van der Waals surface area contributed by atoms with Crippen molar-refractivity contribution >= 4 is 41.9 Å². The molecule has 1 saturated heterocycles. The third kappa shape index (κ3) is 3.02. The summed E-state index contributed by atoms with van der Waals surface area (Å²) in [4.78, 5) is 27.6. The molecule has 10 heteroatoms. The minimum Gasteiger partial charge on any atom is -0.345 e. The quantitative estimate of drug-likeness (QED) is 0.433.